The Balaban J connectivity index is 1.75. The number of rotatable bonds is 6. The minimum absolute atomic E-state index is 0.141. The van der Waals surface area contributed by atoms with E-state index in [1.807, 2.05) is 60.7 Å². The molecule has 0 aliphatic carbocycles. The van der Waals surface area contributed by atoms with Crippen molar-refractivity contribution < 1.29 is 13.9 Å². The molecular weight excluding hydrogens is 396 g/mol. The minimum atomic E-state index is -0.143. The number of carbonyl (C=O) groups is 1. The quantitative estimate of drug-likeness (QED) is 0.283. The first-order chi connectivity index (χ1) is 15.8. The summed E-state index contributed by atoms with van der Waals surface area (Å²) in [6.45, 7) is 0. The van der Waals surface area contributed by atoms with E-state index in [0.717, 1.165) is 22.1 Å². The first-order valence-electron chi connectivity index (χ1n) is 10.6. The third kappa shape index (κ3) is 3.58. The van der Waals surface area contributed by atoms with E-state index in [9.17, 15) is 4.79 Å². The van der Waals surface area contributed by atoms with Crippen LogP contribution < -0.4 is 4.74 Å². The third-order valence-corrected chi connectivity index (χ3v) is 5.75. The summed E-state index contributed by atoms with van der Waals surface area (Å²) < 4.78 is 11.5. The summed E-state index contributed by atoms with van der Waals surface area (Å²) in [5.41, 5.74) is 4.36. The molecule has 4 aromatic carbocycles. The zero-order chi connectivity index (χ0) is 21.9. The van der Waals surface area contributed by atoms with Crippen LogP contribution in [0.3, 0.4) is 0 Å². The molecule has 0 saturated carbocycles. The number of carbonyl (C=O) groups excluding carboxylic acids is 1. The fourth-order valence-corrected chi connectivity index (χ4v) is 4.21. The van der Waals surface area contributed by atoms with E-state index in [-0.39, 0.29) is 11.7 Å². The second-order valence-corrected chi connectivity index (χ2v) is 7.65. The molecule has 0 aliphatic heterocycles. The summed E-state index contributed by atoms with van der Waals surface area (Å²) in [5.74, 6) is 0.792. The number of ether oxygens (including phenoxy) is 1. The van der Waals surface area contributed by atoms with Crippen LogP contribution in [0.2, 0.25) is 0 Å². The molecule has 3 heteroatoms. The highest BCUT2D eigenvalue weighted by Crippen LogP contribution is 2.40. The van der Waals surface area contributed by atoms with Gasteiger partial charge in [0.15, 0.2) is 5.76 Å². The molecule has 156 valence electrons. The van der Waals surface area contributed by atoms with Crippen LogP contribution in [0.5, 0.6) is 5.75 Å². The van der Waals surface area contributed by atoms with E-state index in [1.54, 1.807) is 31.4 Å². The minimum Gasteiger partial charge on any atom is -0.497 e. The predicted molar refractivity (Wildman–Crippen MR) is 126 cm³/mol. The van der Waals surface area contributed by atoms with Crippen LogP contribution >= 0.6 is 0 Å². The van der Waals surface area contributed by atoms with Gasteiger partial charge in [0.25, 0.3) is 0 Å². The van der Waals surface area contributed by atoms with Crippen LogP contribution in [0.1, 0.15) is 38.7 Å². The number of fused-ring (bicyclic) bond motifs is 1. The van der Waals surface area contributed by atoms with E-state index in [4.69, 9.17) is 9.15 Å². The molecule has 5 aromatic rings. The fourth-order valence-electron chi connectivity index (χ4n) is 4.21. The van der Waals surface area contributed by atoms with Gasteiger partial charge in [-0.25, -0.2) is 0 Å². The van der Waals surface area contributed by atoms with Crippen molar-refractivity contribution in [3.63, 3.8) is 0 Å². The van der Waals surface area contributed by atoms with E-state index < -0.39 is 0 Å². The molecule has 0 saturated heterocycles. The van der Waals surface area contributed by atoms with Crippen LogP contribution in [0.4, 0.5) is 0 Å². The Morgan fingerprint density at radius 1 is 0.719 bits per heavy atom. The van der Waals surface area contributed by atoms with Crippen LogP contribution in [-0.2, 0) is 0 Å². The molecule has 1 heterocycles. The molecular formula is C29H22O3. The molecule has 0 bridgehead atoms. The lowest BCUT2D eigenvalue weighted by molar-refractivity contribution is 0.101. The molecule has 0 atom stereocenters. The van der Waals surface area contributed by atoms with E-state index in [0.29, 0.717) is 22.7 Å². The van der Waals surface area contributed by atoms with Crippen molar-refractivity contribution in [2.75, 3.05) is 7.11 Å². The van der Waals surface area contributed by atoms with E-state index in [2.05, 4.69) is 24.3 Å². The highest BCUT2D eigenvalue weighted by Gasteiger charge is 2.29. The molecule has 0 amide bonds. The Kier molecular flexibility index (Phi) is 5.30. The number of benzene rings is 4. The third-order valence-electron chi connectivity index (χ3n) is 5.75. The van der Waals surface area contributed by atoms with Gasteiger partial charge in [-0.1, -0.05) is 78.9 Å². The van der Waals surface area contributed by atoms with Crippen LogP contribution in [-0.4, -0.2) is 12.9 Å². The number of furan rings is 1. The highest BCUT2D eigenvalue weighted by atomic mass is 16.5. The summed E-state index contributed by atoms with van der Waals surface area (Å²) in [7, 11) is 1.61. The van der Waals surface area contributed by atoms with Crippen molar-refractivity contribution in [1.29, 1.82) is 0 Å². The maximum atomic E-state index is 13.7. The smallest absolute Gasteiger partial charge is 0.228 e. The molecule has 5 rings (SSSR count). The molecule has 0 aliphatic rings. The Hall–Kier alpha value is -4.11. The maximum absolute atomic E-state index is 13.7. The van der Waals surface area contributed by atoms with E-state index >= 15 is 0 Å². The molecule has 0 unspecified atom stereocenters. The lowest BCUT2D eigenvalue weighted by Gasteiger charge is -2.19. The average molecular weight is 418 g/mol. The van der Waals surface area contributed by atoms with Gasteiger partial charge in [-0.2, -0.15) is 0 Å². The molecule has 3 nitrogen and oxygen atoms in total. The van der Waals surface area contributed by atoms with Crippen molar-refractivity contribution in [2.45, 2.75) is 5.92 Å². The van der Waals surface area contributed by atoms with Crippen molar-refractivity contribution in [3.05, 3.63) is 137 Å². The number of methoxy groups -OCH3 is 1. The van der Waals surface area contributed by atoms with Crippen molar-refractivity contribution in [2.24, 2.45) is 0 Å². The van der Waals surface area contributed by atoms with Crippen LogP contribution in [0.25, 0.3) is 11.0 Å². The monoisotopic (exact) mass is 418 g/mol. The van der Waals surface area contributed by atoms with Gasteiger partial charge in [0.1, 0.15) is 11.3 Å². The van der Waals surface area contributed by atoms with Crippen molar-refractivity contribution in [1.82, 2.24) is 0 Å². The maximum Gasteiger partial charge on any atom is 0.228 e. The Bertz CT molecular complexity index is 1310. The summed E-state index contributed by atoms with van der Waals surface area (Å²) in [6.07, 6.45) is 0. The zero-order valence-corrected chi connectivity index (χ0v) is 17.7. The second kappa shape index (κ2) is 8.56. The Morgan fingerprint density at radius 3 is 1.88 bits per heavy atom. The fraction of sp³-hybridized carbons (Fsp3) is 0.0690. The number of hydrogen-bond acceptors (Lipinski definition) is 3. The summed E-state index contributed by atoms with van der Waals surface area (Å²) in [4.78, 5) is 13.7. The van der Waals surface area contributed by atoms with Gasteiger partial charge in [-0.05, 0) is 41.5 Å². The molecule has 0 fully saturated rings. The van der Waals surface area contributed by atoms with E-state index in [1.165, 1.54) is 0 Å². The molecule has 1 aromatic heterocycles. The summed E-state index contributed by atoms with van der Waals surface area (Å²) in [5, 5.41) is 0.946. The lowest BCUT2D eigenvalue weighted by atomic mass is 9.82. The number of para-hydroxylation sites is 1. The first kappa shape index (κ1) is 19.8. The normalized spacial score (nSPS) is 11.1. The SMILES string of the molecule is COc1ccc(C(=O)c2oc3ccccc3c2C(c2ccccc2)c2ccccc2)cc1. The van der Waals surface area contributed by atoms with Gasteiger partial charge in [0, 0.05) is 22.4 Å². The Morgan fingerprint density at radius 2 is 1.28 bits per heavy atom. The summed E-state index contributed by atoms with van der Waals surface area (Å²) >= 11 is 0. The van der Waals surface area contributed by atoms with Gasteiger partial charge < -0.3 is 9.15 Å². The molecule has 0 radical (unpaired) electrons. The number of hydrogen-bond donors (Lipinski definition) is 0. The van der Waals surface area contributed by atoms with Crippen LogP contribution in [0, 0.1) is 0 Å². The van der Waals surface area contributed by atoms with Gasteiger partial charge in [-0.15, -0.1) is 0 Å². The first-order valence-corrected chi connectivity index (χ1v) is 10.6. The predicted octanol–water partition coefficient (Wildman–Crippen LogP) is 6.85. The highest BCUT2D eigenvalue weighted by molar-refractivity contribution is 6.11. The lowest BCUT2D eigenvalue weighted by Crippen LogP contribution is -2.09. The van der Waals surface area contributed by atoms with Crippen molar-refractivity contribution in [3.8, 4) is 5.75 Å². The Labute approximate surface area is 186 Å². The second-order valence-electron chi connectivity index (χ2n) is 7.65. The molecule has 0 N–H and O–H groups in total. The average Bonchev–Trinajstić information content (AvgIpc) is 3.24. The largest absolute Gasteiger partial charge is 0.497 e. The van der Waals surface area contributed by atoms with Gasteiger partial charge in [0.2, 0.25) is 5.78 Å². The zero-order valence-electron chi connectivity index (χ0n) is 17.7. The topological polar surface area (TPSA) is 39.4 Å². The van der Waals surface area contributed by atoms with Crippen molar-refractivity contribution >= 4 is 16.8 Å². The molecule has 0 spiro atoms. The standard InChI is InChI=1S/C29H22O3/c1-31-23-18-16-22(17-19-23)28(30)29-27(24-14-8-9-15-25(24)32-29)26(20-10-4-2-5-11-20)21-12-6-3-7-13-21/h2-19,26H,1H3. The number of ketones is 1. The van der Waals surface area contributed by atoms with Gasteiger partial charge in [0.05, 0.1) is 7.11 Å². The van der Waals surface area contributed by atoms with Crippen LogP contribution in [0.15, 0.2) is 114 Å². The van der Waals surface area contributed by atoms with Gasteiger partial charge >= 0.3 is 0 Å². The van der Waals surface area contributed by atoms with Gasteiger partial charge in [-0.3, -0.25) is 4.79 Å². The molecule has 32 heavy (non-hydrogen) atoms. The summed E-state index contributed by atoms with van der Waals surface area (Å²) in [6, 6.07) is 35.5.